The first-order chi connectivity index (χ1) is 12.5. The summed E-state index contributed by atoms with van der Waals surface area (Å²) in [4.78, 5) is 0. The standard InChI is InChI=1S/C21H26ClNO3/c1-4-5-16-6-11-20(21(12-16)25-3)26-14-19(24)13-23-15(2)17-7-9-18(22)10-8-17/h4,6-12,15,19,23-24H,1,5,13-14H2,2-3H3. The maximum atomic E-state index is 10.2. The molecular formula is C21H26ClNO3. The average molecular weight is 376 g/mol. The number of aliphatic hydroxyl groups is 1. The van der Waals surface area contributed by atoms with Gasteiger partial charge in [0.1, 0.15) is 12.7 Å². The Morgan fingerprint density at radius 1 is 1.19 bits per heavy atom. The Bertz CT molecular complexity index is 703. The first-order valence-electron chi connectivity index (χ1n) is 8.61. The molecule has 0 amide bonds. The number of rotatable bonds is 10. The Kier molecular flexibility index (Phi) is 7.98. The van der Waals surface area contributed by atoms with Crippen molar-refractivity contribution in [3.63, 3.8) is 0 Å². The minimum absolute atomic E-state index is 0.106. The summed E-state index contributed by atoms with van der Waals surface area (Å²) in [6.45, 7) is 6.37. The van der Waals surface area contributed by atoms with Crippen LogP contribution in [0.4, 0.5) is 0 Å². The van der Waals surface area contributed by atoms with Crippen LogP contribution in [0.1, 0.15) is 24.1 Å². The van der Waals surface area contributed by atoms with E-state index in [0.717, 1.165) is 17.5 Å². The molecule has 0 spiro atoms. The molecule has 0 aliphatic heterocycles. The third-order valence-electron chi connectivity index (χ3n) is 4.07. The molecule has 2 atom stereocenters. The predicted octanol–water partition coefficient (Wildman–Crippen LogP) is 4.17. The number of methoxy groups -OCH3 is 1. The smallest absolute Gasteiger partial charge is 0.161 e. The van der Waals surface area contributed by atoms with Crippen LogP contribution in [0, 0.1) is 0 Å². The van der Waals surface area contributed by atoms with Gasteiger partial charge in [-0.25, -0.2) is 0 Å². The van der Waals surface area contributed by atoms with Crippen LogP contribution in [-0.4, -0.2) is 31.5 Å². The van der Waals surface area contributed by atoms with Crippen LogP contribution in [0.5, 0.6) is 11.5 Å². The number of hydrogen-bond acceptors (Lipinski definition) is 4. The lowest BCUT2D eigenvalue weighted by Crippen LogP contribution is -2.33. The zero-order chi connectivity index (χ0) is 18.9. The van der Waals surface area contributed by atoms with Crippen molar-refractivity contribution in [3.8, 4) is 11.5 Å². The number of benzene rings is 2. The van der Waals surface area contributed by atoms with Gasteiger partial charge in [-0.15, -0.1) is 6.58 Å². The van der Waals surface area contributed by atoms with Gasteiger partial charge in [-0.1, -0.05) is 35.9 Å². The van der Waals surface area contributed by atoms with E-state index in [0.29, 0.717) is 23.1 Å². The Hall–Kier alpha value is -2.01. The van der Waals surface area contributed by atoms with Gasteiger partial charge in [0.25, 0.3) is 0 Å². The van der Waals surface area contributed by atoms with E-state index < -0.39 is 6.10 Å². The first-order valence-corrected chi connectivity index (χ1v) is 8.98. The molecule has 2 unspecified atom stereocenters. The van der Waals surface area contributed by atoms with E-state index in [1.165, 1.54) is 0 Å². The number of aliphatic hydroxyl groups excluding tert-OH is 1. The lowest BCUT2D eigenvalue weighted by molar-refractivity contribution is 0.102. The zero-order valence-electron chi connectivity index (χ0n) is 15.2. The van der Waals surface area contributed by atoms with Crippen molar-refractivity contribution in [2.75, 3.05) is 20.3 Å². The fourth-order valence-electron chi connectivity index (χ4n) is 2.55. The van der Waals surface area contributed by atoms with Crippen LogP contribution in [0.2, 0.25) is 5.02 Å². The number of halogens is 1. The number of allylic oxidation sites excluding steroid dienone is 1. The molecule has 0 aliphatic carbocycles. The summed E-state index contributed by atoms with van der Waals surface area (Å²) < 4.78 is 11.1. The van der Waals surface area contributed by atoms with E-state index in [4.69, 9.17) is 21.1 Å². The largest absolute Gasteiger partial charge is 0.493 e. The summed E-state index contributed by atoms with van der Waals surface area (Å²) in [5, 5.41) is 14.2. The molecule has 0 radical (unpaired) electrons. The van der Waals surface area contributed by atoms with Crippen LogP contribution in [0.25, 0.3) is 0 Å². The maximum Gasteiger partial charge on any atom is 0.161 e. The molecular weight excluding hydrogens is 350 g/mol. The van der Waals surface area contributed by atoms with Crippen molar-refractivity contribution in [2.24, 2.45) is 0 Å². The lowest BCUT2D eigenvalue weighted by atomic mass is 10.1. The van der Waals surface area contributed by atoms with Gasteiger partial charge in [-0.2, -0.15) is 0 Å². The quantitative estimate of drug-likeness (QED) is 0.612. The van der Waals surface area contributed by atoms with Gasteiger partial charge in [-0.3, -0.25) is 0 Å². The van der Waals surface area contributed by atoms with E-state index in [1.807, 2.05) is 55.5 Å². The molecule has 0 saturated heterocycles. The molecule has 2 rings (SSSR count). The SMILES string of the molecule is C=CCc1ccc(OCC(O)CNC(C)c2ccc(Cl)cc2)c(OC)c1. The highest BCUT2D eigenvalue weighted by Gasteiger charge is 2.12. The lowest BCUT2D eigenvalue weighted by Gasteiger charge is -2.19. The molecule has 2 aromatic rings. The summed E-state index contributed by atoms with van der Waals surface area (Å²) in [6.07, 6.45) is 1.97. The van der Waals surface area contributed by atoms with E-state index in [-0.39, 0.29) is 12.6 Å². The van der Waals surface area contributed by atoms with Crippen LogP contribution in [-0.2, 0) is 6.42 Å². The Balaban J connectivity index is 1.83. The minimum atomic E-state index is -0.637. The zero-order valence-corrected chi connectivity index (χ0v) is 16.0. The average Bonchev–Trinajstić information content (AvgIpc) is 2.65. The summed E-state index contributed by atoms with van der Waals surface area (Å²) in [6, 6.07) is 13.5. The topological polar surface area (TPSA) is 50.7 Å². The summed E-state index contributed by atoms with van der Waals surface area (Å²) >= 11 is 5.90. The van der Waals surface area contributed by atoms with Crippen LogP contribution in [0.3, 0.4) is 0 Å². The molecule has 0 saturated carbocycles. The Labute approximate surface area is 160 Å². The van der Waals surface area contributed by atoms with Gasteiger partial charge < -0.3 is 19.9 Å². The van der Waals surface area contributed by atoms with Gasteiger partial charge in [0.15, 0.2) is 11.5 Å². The number of ether oxygens (including phenoxy) is 2. The van der Waals surface area contributed by atoms with Crippen molar-refractivity contribution >= 4 is 11.6 Å². The Morgan fingerprint density at radius 2 is 1.92 bits per heavy atom. The molecule has 26 heavy (non-hydrogen) atoms. The van der Waals surface area contributed by atoms with Gasteiger partial charge in [0, 0.05) is 17.6 Å². The monoisotopic (exact) mass is 375 g/mol. The number of hydrogen-bond donors (Lipinski definition) is 2. The van der Waals surface area contributed by atoms with E-state index in [2.05, 4.69) is 11.9 Å². The molecule has 0 aliphatic rings. The highest BCUT2D eigenvalue weighted by atomic mass is 35.5. The normalized spacial score (nSPS) is 13.1. The third-order valence-corrected chi connectivity index (χ3v) is 4.32. The van der Waals surface area contributed by atoms with Crippen molar-refractivity contribution < 1.29 is 14.6 Å². The van der Waals surface area contributed by atoms with E-state index in [9.17, 15) is 5.11 Å². The van der Waals surface area contributed by atoms with E-state index in [1.54, 1.807) is 7.11 Å². The second kappa shape index (κ2) is 10.2. The van der Waals surface area contributed by atoms with Crippen LogP contribution < -0.4 is 14.8 Å². The maximum absolute atomic E-state index is 10.2. The van der Waals surface area contributed by atoms with Gasteiger partial charge in [0.2, 0.25) is 0 Å². The summed E-state index contributed by atoms with van der Waals surface area (Å²) in [5.74, 6) is 1.27. The minimum Gasteiger partial charge on any atom is -0.493 e. The fourth-order valence-corrected chi connectivity index (χ4v) is 2.68. The predicted molar refractivity (Wildman–Crippen MR) is 106 cm³/mol. The van der Waals surface area contributed by atoms with Crippen molar-refractivity contribution in [1.82, 2.24) is 5.32 Å². The van der Waals surface area contributed by atoms with Gasteiger partial charge in [0.05, 0.1) is 7.11 Å². The Morgan fingerprint density at radius 3 is 2.58 bits per heavy atom. The first kappa shape index (κ1) is 20.3. The molecule has 2 N–H and O–H groups in total. The van der Waals surface area contributed by atoms with Crippen molar-refractivity contribution in [1.29, 1.82) is 0 Å². The molecule has 0 heterocycles. The third kappa shape index (κ3) is 6.06. The number of nitrogens with one attached hydrogen (secondary N) is 1. The van der Waals surface area contributed by atoms with Crippen molar-refractivity contribution in [2.45, 2.75) is 25.5 Å². The highest BCUT2D eigenvalue weighted by Crippen LogP contribution is 2.28. The molecule has 2 aromatic carbocycles. The second-order valence-corrected chi connectivity index (χ2v) is 6.56. The summed E-state index contributed by atoms with van der Waals surface area (Å²) in [5.41, 5.74) is 2.21. The van der Waals surface area contributed by atoms with Gasteiger partial charge in [-0.05, 0) is 48.7 Å². The van der Waals surface area contributed by atoms with Gasteiger partial charge >= 0.3 is 0 Å². The van der Waals surface area contributed by atoms with E-state index >= 15 is 0 Å². The van der Waals surface area contributed by atoms with Crippen LogP contribution >= 0.6 is 11.6 Å². The molecule has 4 nitrogen and oxygen atoms in total. The molecule has 5 heteroatoms. The fraction of sp³-hybridized carbons (Fsp3) is 0.333. The molecule has 0 bridgehead atoms. The molecule has 140 valence electrons. The van der Waals surface area contributed by atoms with Crippen LogP contribution in [0.15, 0.2) is 55.1 Å². The summed E-state index contributed by atoms with van der Waals surface area (Å²) in [7, 11) is 1.60. The molecule has 0 fully saturated rings. The second-order valence-electron chi connectivity index (χ2n) is 6.12. The molecule has 0 aromatic heterocycles. The highest BCUT2D eigenvalue weighted by molar-refractivity contribution is 6.30. The van der Waals surface area contributed by atoms with Crippen molar-refractivity contribution in [3.05, 3.63) is 71.3 Å².